The number of nitrogens with zero attached hydrogens (tertiary/aromatic N) is 1. The van der Waals surface area contributed by atoms with Gasteiger partial charge in [-0.25, -0.2) is 4.98 Å². The van der Waals surface area contributed by atoms with Gasteiger partial charge in [-0.3, -0.25) is 4.79 Å². The number of benzene rings is 1. The summed E-state index contributed by atoms with van der Waals surface area (Å²) in [6, 6.07) is 12.6. The maximum Gasteiger partial charge on any atom is 0.178 e. The first-order chi connectivity index (χ1) is 8.66. The van der Waals surface area contributed by atoms with Crippen molar-refractivity contribution in [3.05, 3.63) is 53.9 Å². The van der Waals surface area contributed by atoms with E-state index in [4.69, 9.17) is 0 Å². The number of pyridine rings is 1. The zero-order valence-electron chi connectivity index (χ0n) is 9.96. The molecule has 0 saturated heterocycles. The molecule has 0 atom stereocenters. The average Bonchev–Trinajstić information content (AvgIpc) is 2.38. The zero-order valence-corrected chi connectivity index (χ0v) is 10.8. The Labute approximate surface area is 110 Å². The summed E-state index contributed by atoms with van der Waals surface area (Å²) in [5.41, 5.74) is 1.31. The molecule has 1 aromatic carbocycles. The van der Waals surface area contributed by atoms with E-state index in [-0.39, 0.29) is 11.5 Å². The van der Waals surface area contributed by atoms with Crippen molar-refractivity contribution in [1.82, 2.24) is 4.98 Å². The Kier molecular flexibility index (Phi) is 3.99. The van der Waals surface area contributed by atoms with Gasteiger partial charge in [0.1, 0.15) is 11.4 Å². The van der Waals surface area contributed by atoms with Crippen LogP contribution in [0.5, 0.6) is 5.75 Å². The van der Waals surface area contributed by atoms with Crippen molar-refractivity contribution >= 4 is 17.5 Å². The third-order valence-corrected chi connectivity index (χ3v) is 3.50. The maximum absolute atomic E-state index is 11.2. The van der Waals surface area contributed by atoms with Gasteiger partial charge in [0.25, 0.3) is 0 Å². The predicted octanol–water partition coefficient (Wildman–Crippen LogP) is 3.28. The first kappa shape index (κ1) is 12.6. The van der Waals surface area contributed by atoms with E-state index in [1.54, 1.807) is 18.2 Å². The minimum Gasteiger partial charge on any atom is -0.507 e. The van der Waals surface area contributed by atoms with Crippen molar-refractivity contribution < 1.29 is 9.90 Å². The molecule has 0 amide bonds. The number of hydrogen-bond acceptors (Lipinski definition) is 4. The van der Waals surface area contributed by atoms with Crippen molar-refractivity contribution in [3.8, 4) is 5.75 Å². The summed E-state index contributed by atoms with van der Waals surface area (Å²) in [6.07, 6.45) is 0. The Bertz CT molecular complexity index is 569. The van der Waals surface area contributed by atoms with Crippen molar-refractivity contribution in [2.75, 3.05) is 0 Å². The van der Waals surface area contributed by atoms with E-state index in [1.807, 2.05) is 24.3 Å². The van der Waals surface area contributed by atoms with Crippen molar-refractivity contribution in [2.24, 2.45) is 0 Å². The molecule has 0 aliphatic rings. The summed E-state index contributed by atoms with van der Waals surface area (Å²) >= 11 is 1.50. The summed E-state index contributed by atoms with van der Waals surface area (Å²) in [6.45, 7) is 1.50. The standard InChI is InChI=1S/C14H13NO2S/c1-10(16)12-6-4-5-11(15-12)9-18-14-8-3-2-7-13(14)17/h2-8,17H,9H2,1H3. The SMILES string of the molecule is CC(=O)c1cccc(CSc2ccccc2O)n1. The number of phenols is 1. The summed E-state index contributed by atoms with van der Waals surface area (Å²) in [5.74, 6) is 0.855. The molecule has 0 radical (unpaired) electrons. The molecule has 0 unspecified atom stereocenters. The lowest BCUT2D eigenvalue weighted by atomic mass is 10.2. The minimum absolute atomic E-state index is 0.0376. The van der Waals surface area contributed by atoms with Crippen LogP contribution >= 0.6 is 11.8 Å². The molecule has 2 aromatic rings. The van der Waals surface area contributed by atoms with Gasteiger partial charge < -0.3 is 5.11 Å². The van der Waals surface area contributed by atoms with E-state index in [0.29, 0.717) is 11.4 Å². The van der Waals surface area contributed by atoms with Crippen LogP contribution in [0.1, 0.15) is 23.1 Å². The number of thioether (sulfide) groups is 1. The van der Waals surface area contributed by atoms with Gasteiger partial charge in [0.05, 0.1) is 5.69 Å². The van der Waals surface area contributed by atoms with Gasteiger partial charge in [-0.2, -0.15) is 0 Å². The molecule has 0 bridgehead atoms. The Hall–Kier alpha value is -1.81. The smallest absolute Gasteiger partial charge is 0.178 e. The van der Waals surface area contributed by atoms with E-state index in [0.717, 1.165) is 10.6 Å². The average molecular weight is 259 g/mol. The van der Waals surface area contributed by atoms with Crippen LogP contribution in [-0.2, 0) is 5.75 Å². The molecule has 4 heteroatoms. The topological polar surface area (TPSA) is 50.2 Å². The summed E-state index contributed by atoms with van der Waals surface area (Å²) in [5, 5.41) is 9.64. The van der Waals surface area contributed by atoms with Crippen LogP contribution in [0.2, 0.25) is 0 Å². The second kappa shape index (κ2) is 5.69. The van der Waals surface area contributed by atoms with E-state index in [9.17, 15) is 9.90 Å². The first-order valence-electron chi connectivity index (χ1n) is 5.54. The third kappa shape index (κ3) is 3.11. The largest absolute Gasteiger partial charge is 0.507 e. The third-order valence-electron chi connectivity index (χ3n) is 2.41. The molecule has 1 heterocycles. The number of para-hydroxylation sites is 1. The summed E-state index contributed by atoms with van der Waals surface area (Å²) in [7, 11) is 0. The Balaban J connectivity index is 2.09. The Morgan fingerprint density at radius 3 is 2.72 bits per heavy atom. The van der Waals surface area contributed by atoms with Crippen LogP contribution in [-0.4, -0.2) is 15.9 Å². The van der Waals surface area contributed by atoms with Gasteiger partial charge in [0.15, 0.2) is 5.78 Å². The van der Waals surface area contributed by atoms with Gasteiger partial charge in [-0.15, -0.1) is 11.8 Å². The molecule has 18 heavy (non-hydrogen) atoms. The highest BCUT2D eigenvalue weighted by Gasteiger charge is 2.04. The van der Waals surface area contributed by atoms with E-state index >= 15 is 0 Å². The second-order valence-electron chi connectivity index (χ2n) is 3.83. The highest BCUT2D eigenvalue weighted by molar-refractivity contribution is 7.98. The normalized spacial score (nSPS) is 10.3. The fourth-order valence-electron chi connectivity index (χ4n) is 1.49. The maximum atomic E-state index is 11.2. The van der Waals surface area contributed by atoms with Crippen LogP contribution in [0, 0.1) is 0 Å². The number of carbonyl (C=O) groups is 1. The lowest BCUT2D eigenvalue weighted by Gasteiger charge is -2.04. The molecule has 1 aromatic heterocycles. The van der Waals surface area contributed by atoms with Gasteiger partial charge in [-0.1, -0.05) is 18.2 Å². The Morgan fingerprint density at radius 1 is 1.22 bits per heavy atom. The summed E-state index contributed by atoms with van der Waals surface area (Å²) in [4.78, 5) is 16.3. The summed E-state index contributed by atoms with van der Waals surface area (Å²) < 4.78 is 0. The fourth-order valence-corrected chi connectivity index (χ4v) is 2.34. The van der Waals surface area contributed by atoms with Crippen LogP contribution in [0.15, 0.2) is 47.4 Å². The van der Waals surface area contributed by atoms with Gasteiger partial charge in [-0.05, 0) is 24.3 Å². The molecule has 0 saturated carbocycles. The monoisotopic (exact) mass is 259 g/mol. The molecular weight excluding hydrogens is 246 g/mol. The van der Waals surface area contributed by atoms with Gasteiger partial charge >= 0.3 is 0 Å². The zero-order chi connectivity index (χ0) is 13.0. The highest BCUT2D eigenvalue weighted by atomic mass is 32.2. The number of carbonyl (C=O) groups excluding carboxylic acids is 1. The van der Waals surface area contributed by atoms with E-state index in [1.165, 1.54) is 18.7 Å². The van der Waals surface area contributed by atoms with Crippen LogP contribution in [0.25, 0.3) is 0 Å². The number of aromatic nitrogens is 1. The van der Waals surface area contributed by atoms with Gasteiger partial charge in [0, 0.05) is 17.6 Å². The number of phenolic OH excluding ortho intramolecular Hbond substituents is 1. The van der Waals surface area contributed by atoms with Crippen LogP contribution in [0.3, 0.4) is 0 Å². The first-order valence-corrected chi connectivity index (χ1v) is 6.53. The van der Waals surface area contributed by atoms with Crippen molar-refractivity contribution in [3.63, 3.8) is 0 Å². The number of rotatable bonds is 4. The minimum atomic E-state index is -0.0376. The van der Waals surface area contributed by atoms with Crippen LogP contribution in [0.4, 0.5) is 0 Å². The number of ketones is 1. The molecule has 1 N–H and O–H groups in total. The number of hydrogen-bond donors (Lipinski definition) is 1. The molecule has 0 fully saturated rings. The lowest BCUT2D eigenvalue weighted by Crippen LogP contribution is -1.98. The Morgan fingerprint density at radius 2 is 2.00 bits per heavy atom. The van der Waals surface area contributed by atoms with Gasteiger partial charge in [0.2, 0.25) is 0 Å². The number of aromatic hydroxyl groups is 1. The molecule has 3 nitrogen and oxygen atoms in total. The molecular formula is C14H13NO2S. The molecule has 0 aliphatic heterocycles. The second-order valence-corrected chi connectivity index (χ2v) is 4.84. The molecule has 0 spiro atoms. The fraction of sp³-hybridized carbons (Fsp3) is 0.143. The van der Waals surface area contributed by atoms with E-state index < -0.39 is 0 Å². The van der Waals surface area contributed by atoms with Crippen LogP contribution < -0.4 is 0 Å². The lowest BCUT2D eigenvalue weighted by molar-refractivity contribution is 0.101. The number of Topliss-reactive ketones (excluding diaryl/α,β-unsaturated/α-hetero) is 1. The van der Waals surface area contributed by atoms with Crippen molar-refractivity contribution in [1.29, 1.82) is 0 Å². The molecule has 0 aliphatic carbocycles. The van der Waals surface area contributed by atoms with E-state index in [2.05, 4.69) is 4.98 Å². The molecule has 2 rings (SSSR count). The van der Waals surface area contributed by atoms with Crippen molar-refractivity contribution in [2.45, 2.75) is 17.6 Å². The highest BCUT2D eigenvalue weighted by Crippen LogP contribution is 2.29. The predicted molar refractivity (Wildman–Crippen MR) is 71.9 cm³/mol. The molecule has 92 valence electrons. The quantitative estimate of drug-likeness (QED) is 0.676.